The molecule has 0 bridgehead atoms. The molecule has 0 radical (unpaired) electrons. The molecule has 0 amide bonds. The molecule has 4 heterocycles. The first kappa shape index (κ1) is 21.5. The second-order valence-corrected chi connectivity index (χ2v) is 9.36. The highest BCUT2D eigenvalue weighted by molar-refractivity contribution is 5.89. The molecule has 35 heavy (non-hydrogen) atoms. The Hall–Kier alpha value is -4.04. The second-order valence-electron chi connectivity index (χ2n) is 9.36. The van der Waals surface area contributed by atoms with Crippen LogP contribution >= 0.6 is 0 Å². The van der Waals surface area contributed by atoms with Crippen molar-refractivity contribution in [3.05, 3.63) is 88.3 Å². The molecular weight excluding hydrogens is 441 g/mol. The summed E-state index contributed by atoms with van der Waals surface area (Å²) in [5.41, 5.74) is 6.67. The van der Waals surface area contributed by atoms with Gasteiger partial charge in [-0.2, -0.15) is 5.10 Å². The average molecular weight is 468 g/mol. The van der Waals surface area contributed by atoms with E-state index in [1.54, 1.807) is 18.5 Å². The molecule has 0 spiro atoms. The highest BCUT2D eigenvalue weighted by atomic mass is 19.1. The maximum Gasteiger partial charge on any atom is 0.143 e. The Morgan fingerprint density at radius 2 is 1.94 bits per heavy atom. The van der Waals surface area contributed by atoms with Crippen LogP contribution in [0.5, 0.6) is 0 Å². The lowest BCUT2D eigenvalue weighted by Crippen LogP contribution is -2.32. The molecule has 4 aromatic rings. The van der Waals surface area contributed by atoms with Crippen LogP contribution in [-0.2, 0) is 6.54 Å². The number of fused-ring (bicyclic) bond motifs is 2. The van der Waals surface area contributed by atoms with Crippen LogP contribution in [0, 0.1) is 5.82 Å². The van der Waals surface area contributed by atoms with E-state index in [1.165, 1.54) is 23.3 Å². The number of hydrogen-bond donors (Lipinski definition) is 3. The van der Waals surface area contributed by atoms with E-state index in [1.807, 2.05) is 18.5 Å². The van der Waals surface area contributed by atoms with E-state index in [-0.39, 0.29) is 17.9 Å². The summed E-state index contributed by atoms with van der Waals surface area (Å²) in [7, 11) is 4.12. The molecular formula is C27H26FN7. The number of benzene rings is 1. The summed E-state index contributed by atoms with van der Waals surface area (Å²) in [6.07, 6.45) is 12.6. The van der Waals surface area contributed by atoms with Crippen molar-refractivity contribution in [3.63, 3.8) is 0 Å². The highest BCUT2D eigenvalue weighted by Crippen LogP contribution is 2.40. The minimum atomic E-state index is -0.274. The van der Waals surface area contributed by atoms with Crippen LogP contribution in [0.4, 0.5) is 15.8 Å². The third kappa shape index (κ3) is 4.06. The largest absolute Gasteiger partial charge is 0.358 e. The third-order valence-corrected chi connectivity index (χ3v) is 6.49. The van der Waals surface area contributed by atoms with Crippen LogP contribution in [0.15, 0.2) is 55.1 Å². The van der Waals surface area contributed by atoms with Gasteiger partial charge in [0.05, 0.1) is 22.9 Å². The fourth-order valence-corrected chi connectivity index (χ4v) is 4.91. The van der Waals surface area contributed by atoms with Gasteiger partial charge < -0.3 is 15.5 Å². The first-order valence-corrected chi connectivity index (χ1v) is 11.7. The molecule has 6 rings (SSSR count). The van der Waals surface area contributed by atoms with Crippen LogP contribution in [-0.4, -0.2) is 39.2 Å². The first-order valence-electron chi connectivity index (χ1n) is 11.7. The van der Waals surface area contributed by atoms with Crippen molar-refractivity contribution in [2.45, 2.75) is 25.0 Å². The number of nitrogens with zero attached hydrogens (tertiary/aromatic N) is 4. The van der Waals surface area contributed by atoms with Gasteiger partial charge in [0.15, 0.2) is 0 Å². The topological polar surface area (TPSA) is 81.8 Å². The number of halogens is 1. The molecule has 1 aliphatic carbocycles. The Morgan fingerprint density at radius 3 is 2.80 bits per heavy atom. The molecule has 0 saturated carbocycles. The number of anilines is 2. The summed E-state index contributed by atoms with van der Waals surface area (Å²) in [5.74, 6) is -0.0499. The van der Waals surface area contributed by atoms with Crippen molar-refractivity contribution in [1.82, 2.24) is 25.1 Å². The van der Waals surface area contributed by atoms with Crippen molar-refractivity contribution in [3.8, 4) is 11.1 Å². The molecule has 8 heteroatoms. The number of aromatic amines is 1. The van der Waals surface area contributed by atoms with E-state index in [9.17, 15) is 4.39 Å². The minimum Gasteiger partial charge on any atom is -0.358 e. The maximum absolute atomic E-state index is 13.9. The van der Waals surface area contributed by atoms with Crippen molar-refractivity contribution in [2.75, 3.05) is 24.7 Å². The van der Waals surface area contributed by atoms with Gasteiger partial charge in [0.2, 0.25) is 0 Å². The van der Waals surface area contributed by atoms with Gasteiger partial charge in [0, 0.05) is 41.8 Å². The molecule has 2 unspecified atom stereocenters. The normalized spacial score (nSPS) is 18.2. The van der Waals surface area contributed by atoms with Crippen LogP contribution in [0.1, 0.15) is 35.3 Å². The lowest BCUT2D eigenvalue weighted by atomic mass is 9.92. The van der Waals surface area contributed by atoms with E-state index in [2.05, 4.69) is 68.0 Å². The lowest BCUT2D eigenvalue weighted by molar-refractivity contribution is 0.401. The summed E-state index contributed by atoms with van der Waals surface area (Å²) in [4.78, 5) is 11.0. The minimum absolute atomic E-state index is 0.224. The fourth-order valence-electron chi connectivity index (χ4n) is 4.91. The number of aromatic nitrogens is 4. The molecule has 2 aliphatic rings. The van der Waals surface area contributed by atoms with Crippen molar-refractivity contribution < 1.29 is 4.39 Å². The molecule has 1 aromatic carbocycles. The summed E-state index contributed by atoms with van der Waals surface area (Å²) in [6.45, 7) is 0.856. The van der Waals surface area contributed by atoms with Gasteiger partial charge in [0.1, 0.15) is 17.7 Å². The van der Waals surface area contributed by atoms with Crippen LogP contribution in [0.2, 0.25) is 0 Å². The number of hydrogen-bond acceptors (Lipinski definition) is 6. The SMILES string of the molecule is CN(C)Cc1cncc(C2C=c3c(C4Nc5cncc(-c6cccc(F)c6)c5N4)n[nH]c3=CC2)c1. The van der Waals surface area contributed by atoms with Crippen molar-refractivity contribution in [1.29, 1.82) is 0 Å². The van der Waals surface area contributed by atoms with Gasteiger partial charge in [-0.05, 0) is 49.3 Å². The van der Waals surface area contributed by atoms with Crippen molar-refractivity contribution in [2.24, 2.45) is 0 Å². The van der Waals surface area contributed by atoms with Crippen LogP contribution < -0.4 is 21.2 Å². The zero-order valence-corrected chi connectivity index (χ0v) is 19.6. The summed E-state index contributed by atoms with van der Waals surface area (Å²) in [6, 6.07) is 8.80. The third-order valence-electron chi connectivity index (χ3n) is 6.49. The molecule has 2 atom stereocenters. The van der Waals surface area contributed by atoms with Gasteiger partial charge in [0.25, 0.3) is 0 Å². The lowest BCUT2D eigenvalue weighted by Gasteiger charge is -2.16. The van der Waals surface area contributed by atoms with E-state index >= 15 is 0 Å². The van der Waals surface area contributed by atoms with E-state index in [4.69, 9.17) is 0 Å². The number of nitrogens with one attached hydrogen (secondary N) is 3. The summed E-state index contributed by atoms with van der Waals surface area (Å²) in [5, 5.41) is 17.0. The van der Waals surface area contributed by atoms with E-state index in [0.717, 1.165) is 51.7 Å². The first-order chi connectivity index (χ1) is 17.0. The van der Waals surface area contributed by atoms with Crippen LogP contribution in [0.25, 0.3) is 23.3 Å². The zero-order valence-electron chi connectivity index (χ0n) is 19.6. The molecule has 7 nitrogen and oxygen atoms in total. The molecule has 3 aromatic heterocycles. The van der Waals surface area contributed by atoms with Crippen molar-refractivity contribution >= 4 is 23.5 Å². The Bertz CT molecular complexity index is 1520. The number of pyridine rings is 2. The monoisotopic (exact) mass is 467 g/mol. The van der Waals surface area contributed by atoms with E-state index in [0.29, 0.717) is 0 Å². The molecule has 3 N–H and O–H groups in total. The standard InChI is InChI=1S/C27H26FN7/c1-35(2)15-16-8-19(12-29-11-16)17-6-7-23-21(10-17)26(34-33-23)27-31-24-14-30-13-22(25(24)32-27)18-4-3-5-20(28)9-18/h3-5,7-14,17,27,31-33H,6,15H2,1-2H3. The van der Waals surface area contributed by atoms with E-state index < -0.39 is 0 Å². The Morgan fingerprint density at radius 1 is 1.06 bits per heavy atom. The highest BCUT2D eigenvalue weighted by Gasteiger charge is 2.28. The second kappa shape index (κ2) is 8.63. The predicted molar refractivity (Wildman–Crippen MR) is 135 cm³/mol. The smallest absolute Gasteiger partial charge is 0.143 e. The number of rotatable bonds is 5. The zero-order chi connectivity index (χ0) is 23.9. The quantitative estimate of drug-likeness (QED) is 0.418. The van der Waals surface area contributed by atoms with Gasteiger partial charge in [-0.15, -0.1) is 0 Å². The Balaban J connectivity index is 1.33. The summed E-state index contributed by atoms with van der Waals surface area (Å²) < 4.78 is 13.9. The van der Waals surface area contributed by atoms with Gasteiger partial charge >= 0.3 is 0 Å². The Kier molecular flexibility index (Phi) is 5.30. The molecule has 176 valence electrons. The average Bonchev–Trinajstić information content (AvgIpc) is 3.47. The van der Waals surface area contributed by atoms with Crippen LogP contribution in [0.3, 0.4) is 0 Å². The molecule has 0 fully saturated rings. The summed E-state index contributed by atoms with van der Waals surface area (Å²) >= 11 is 0. The molecule has 0 saturated heterocycles. The number of H-pyrrole nitrogens is 1. The van der Waals surface area contributed by atoms with Gasteiger partial charge in [-0.3, -0.25) is 15.1 Å². The van der Waals surface area contributed by atoms with Gasteiger partial charge in [-0.25, -0.2) is 4.39 Å². The predicted octanol–water partition coefficient (Wildman–Crippen LogP) is 3.35. The maximum atomic E-state index is 13.9. The van der Waals surface area contributed by atoms with Gasteiger partial charge in [-0.1, -0.05) is 30.4 Å². The Labute approximate surface area is 202 Å². The molecule has 1 aliphatic heterocycles. The fraction of sp³-hybridized carbons (Fsp3) is 0.222.